The van der Waals surface area contributed by atoms with Gasteiger partial charge < -0.3 is 49.8 Å². The third-order valence-corrected chi connectivity index (χ3v) is 9.89. The summed E-state index contributed by atoms with van der Waals surface area (Å²) in [6.07, 6.45) is 0. The van der Waals surface area contributed by atoms with E-state index in [0.29, 0.717) is 5.75 Å². The Kier molecular flexibility index (Phi) is 18.4. The number of benzene rings is 3. The molecule has 0 heterocycles. The van der Waals surface area contributed by atoms with Crippen molar-refractivity contribution in [3.05, 3.63) is 91.3 Å². The smallest absolute Gasteiger partial charge is 0.338 e. The zero-order chi connectivity index (χ0) is 39.8. The van der Waals surface area contributed by atoms with E-state index < -0.39 is 66.2 Å². The number of halogens is 8. The van der Waals surface area contributed by atoms with Crippen molar-refractivity contribution in [2.75, 3.05) is 42.3 Å². The molecule has 0 aliphatic heterocycles. The van der Waals surface area contributed by atoms with Crippen molar-refractivity contribution < 1.29 is 54.5 Å². The summed E-state index contributed by atoms with van der Waals surface area (Å²) in [6, 6.07) is 4.28. The normalized spacial score (nSPS) is 10.8. The van der Waals surface area contributed by atoms with Gasteiger partial charge in [0.25, 0.3) is 0 Å². The van der Waals surface area contributed by atoms with Crippen LogP contribution >= 0.6 is 92.8 Å². The molecule has 0 amide bonds. The average molecular weight is 873 g/mol. The Morgan fingerprint density at radius 1 is 0.588 bits per heavy atom. The summed E-state index contributed by atoms with van der Waals surface area (Å²) in [4.78, 5) is 47.9. The van der Waals surface area contributed by atoms with Gasteiger partial charge in [-0.05, 0) is 26.2 Å². The third kappa shape index (κ3) is 12.3. The van der Waals surface area contributed by atoms with Crippen LogP contribution in [0.25, 0.3) is 0 Å². The van der Waals surface area contributed by atoms with E-state index in [-0.39, 0.29) is 20.1 Å². The van der Waals surface area contributed by atoms with Crippen LogP contribution in [0.3, 0.4) is 0 Å². The maximum atomic E-state index is 10.8. The number of carboxylic acids is 4. The van der Waals surface area contributed by atoms with Crippen LogP contribution in [0.5, 0.6) is 5.75 Å². The molecule has 20 heteroatoms. The van der Waals surface area contributed by atoms with Crippen molar-refractivity contribution in [2.24, 2.45) is 0 Å². The first kappa shape index (κ1) is 46.6. The topological polar surface area (TPSA) is 187 Å². The number of carboxylic acid groups (broad SMARTS) is 4. The molecule has 3 aromatic rings. The van der Waals surface area contributed by atoms with Gasteiger partial charge in [-0.3, -0.25) is 0 Å². The van der Waals surface area contributed by atoms with E-state index in [4.69, 9.17) is 103 Å². The van der Waals surface area contributed by atoms with Gasteiger partial charge in [0.1, 0.15) is 18.8 Å². The molecule has 0 aliphatic rings. The molecule has 0 fully saturated rings. The Morgan fingerprint density at radius 3 is 1.18 bits per heavy atom. The van der Waals surface area contributed by atoms with Crippen molar-refractivity contribution in [1.29, 1.82) is 0 Å². The van der Waals surface area contributed by atoms with Crippen molar-refractivity contribution in [2.45, 2.75) is 19.6 Å². The lowest BCUT2D eigenvalue weighted by molar-refractivity contribution is -0.873. The van der Waals surface area contributed by atoms with Gasteiger partial charge >= 0.3 is 11.9 Å². The predicted molar refractivity (Wildman–Crippen MR) is 194 cm³/mol. The van der Waals surface area contributed by atoms with Crippen molar-refractivity contribution in [3.8, 4) is 5.75 Å². The lowest BCUT2D eigenvalue weighted by Gasteiger charge is -2.17. The van der Waals surface area contributed by atoms with Crippen molar-refractivity contribution >= 4 is 117 Å². The van der Waals surface area contributed by atoms with Crippen molar-refractivity contribution in [3.63, 3.8) is 0 Å². The monoisotopic (exact) mass is 869 g/mol. The first-order valence-corrected chi connectivity index (χ1v) is 17.1. The summed E-state index contributed by atoms with van der Waals surface area (Å²) >= 11 is 44.6. The number of hydrogen-bond acceptors (Lipinski definition) is 8. The molecule has 0 unspecified atom stereocenters. The molecule has 0 aliphatic carbocycles. The van der Waals surface area contributed by atoms with Gasteiger partial charge in [0.05, 0.1) is 91.4 Å². The quantitative estimate of drug-likeness (QED) is 0.149. The Balaban J connectivity index is 0.000000385. The van der Waals surface area contributed by atoms with Gasteiger partial charge in [-0.25, -0.2) is 9.59 Å². The molecule has 0 aromatic heterocycles. The second-order valence-electron chi connectivity index (χ2n) is 11.5. The number of hydrogen-bond donors (Lipinski definition) is 5. The zero-order valence-electron chi connectivity index (χ0n) is 27.5. The van der Waals surface area contributed by atoms with Crippen molar-refractivity contribution in [1.82, 2.24) is 4.90 Å². The maximum Gasteiger partial charge on any atom is 0.338 e. The van der Waals surface area contributed by atoms with E-state index in [1.807, 2.05) is 14.1 Å². The van der Waals surface area contributed by atoms with Gasteiger partial charge in [-0.1, -0.05) is 92.8 Å². The average Bonchev–Trinajstić information content (AvgIpc) is 2.99. The number of phenols is 1. The van der Waals surface area contributed by atoms with Crippen LogP contribution in [0.1, 0.15) is 58.1 Å². The van der Waals surface area contributed by atoms with Gasteiger partial charge in [0.15, 0.2) is 0 Å². The van der Waals surface area contributed by atoms with Crippen LogP contribution in [0.4, 0.5) is 0 Å². The summed E-state index contributed by atoms with van der Waals surface area (Å²) in [5.74, 6) is -6.33. The highest BCUT2D eigenvalue weighted by molar-refractivity contribution is 6.55. The van der Waals surface area contributed by atoms with E-state index in [9.17, 15) is 34.5 Å². The highest BCUT2D eigenvalue weighted by Crippen LogP contribution is 2.42. The summed E-state index contributed by atoms with van der Waals surface area (Å²) in [6.45, 7) is 2.61. The fourth-order valence-electron chi connectivity index (χ4n) is 4.37. The van der Waals surface area contributed by atoms with Crippen LogP contribution in [0.2, 0.25) is 40.2 Å². The second kappa shape index (κ2) is 20.1. The number of nitrogens with one attached hydrogen (secondary N) is 2. The van der Waals surface area contributed by atoms with E-state index >= 15 is 0 Å². The number of quaternary nitrogens is 2. The third-order valence-electron chi connectivity index (χ3n) is 6.29. The minimum absolute atomic E-state index is 0.323. The molecule has 0 saturated carbocycles. The van der Waals surface area contributed by atoms with Crippen LogP contribution in [0, 0.1) is 0 Å². The number of carbonyl (C=O) groups excluding carboxylic acids is 2. The van der Waals surface area contributed by atoms with Gasteiger partial charge in [0, 0.05) is 34.4 Å². The summed E-state index contributed by atoms with van der Waals surface area (Å²) in [5.41, 5.74) is 0.283. The lowest BCUT2D eigenvalue weighted by atomic mass is 10.0. The first-order valence-electron chi connectivity index (χ1n) is 14.0. The Labute approximate surface area is 333 Å². The van der Waals surface area contributed by atoms with Crippen LogP contribution in [-0.2, 0) is 19.6 Å². The highest BCUT2D eigenvalue weighted by Gasteiger charge is 2.26. The molecule has 0 spiro atoms. The SMILES string of the molecule is CN(C)Cc1cc(C[NH+](C)C)cc(C[NH+](C)C)c1O.O=C([O-])c1c(Cl)c(Cl)c(Cl)c(Cl)c1C(=O)O.O=C([O-])c1c(Cl)c(Cl)c(Cl)c(Cl)c1C(=O)O. The van der Waals surface area contributed by atoms with Gasteiger partial charge in [-0.15, -0.1) is 0 Å². The highest BCUT2D eigenvalue weighted by atomic mass is 35.5. The van der Waals surface area contributed by atoms with E-state index in [0.717, 1.165) is 30.8 Å². The Morgan fingerprint density at radius 2 is 0.902 bits per heavy atom. The largest absolute Gasteiger partial charge is 0.545 e. The number of nitrogens with zero attached hydrogens (tertiary/aromatic N) is 1. The fourth-order valence-corrected chi connectivity index (χ4v) is 6.39. The molecule has 3 aromatic carbocycles. The number of phenolic OH excluding ortho intramolecular Hbond substituents is 1. The Hall–Kier alpha value is -2.46. The van der Waals surface area contributed by atoms with Crippen LogP contribution in [-0.4, -0.2) is 86.4 Å². The zero-order valence-corrected chi connectivity index (χ0v) is 33.6. The van der Waals surface area contributed by atoms with Crippen LogP contribution < -0.4 is 20.0 Å². The molecule has 0 bridgehead atoms. The molecule has 0 atom stereocenters. The summed E-state index contributed by atoms with van der Waals surface area (Å²) in [5, 5.41) is 46.1. The van der Waals surface area contributed by atoms with E-state index in [2.05, 4.69) is 45.2 Å². The molecule has 5 N–H and O–H groups in total. The number of aromatic hydroxyl groups is 1. The number of carbonyl (C=O) groups is 4. The summed E-state index contributed by atoms with van der Waals surface area (Å²) < 4.78 is 0. The number of aromatic carboxylic acids is 4. The molecule has 0 saturated heterocycles. The Bertz CT molecular complexity index is 1620. The van der Waals surface area contributed by atoms with E-state index in [1.54, 1.807) is 0 Å². The van der Waals surface area contributed by atoms with E-state index in [1.165, 1.54) is 15.4 Å². The standard InChI is InChI=1S/C15H27N3O.2C8H2Cl4O4/c1-16(2)9-12-7-13(10-17(3)4)15(19)14(8-12)11-18(5)6;2*9-3-1(7(13)14)2(8(15)16)4(10)6(12)5(3)11/h7-8,19H,9-11H2,1-6H3;2*(H,13,14)(H,15,16). The fraction of sp³-hybridized carbons (Fsp3) is 0.290. The predicted octanol–water partition coefficient (Wildman–Crippen LogP) is 3.47. The lowest BCUT2D eigenvalue weighted by Crippen LogP contribution is -3.04. The van der Waals surface area contributed by atoms with Crippen LogP contribution in [0.15, 0.2) is 12.1 Å². The molecule has 0 radical (unpaired) electrons. The first-order chi connectivity index (χ1) is 23.4. The molecule has 51 heavy (non-hydrogen) atoms. The molecule has 12 nitrogen and oxygen atoms in total. The molecule has 3 rings (SSSR count). The minimum atomic E-state index is -1.80. The second-order valence-corrected chi connectivity index (χ2v) is 14.5. The summed E-state index contributed by atoms with van der Waals surface area (Å²) in [7, 11) is 12.6. The van der Waals surface area contributed by atoms with Gasteiger partial charge in [-0.2, -0.15) is 0 Å². The molecule has 280 valence electrons. The molecular weight excluding hydrogens is 842 g/mol. The molecular formula is C31H31Cl8N3O9. The maximum absolute atomic E-state index is 10.8. The number of rotatable bonds is 10. The minimum Gasteiger partial charge on any atom is -0.545 e. The van der Waals surface area contributed by atoms with Gasteiger partial charge in [0.2, 0.25) is 0 Å².